The molecule has 25 rings (SSSR count). The number of anilines is 4. The van der Waals surface area contributed by atoms with Crippen LogP contribution in [-0.4, -0.2) is 27.8 Å². The van der Waals surface area contributed by atoms with E-state index in [1.807, 2.05) is 138 Å². The summed E-state index contributed by atoms with van der Waals surface area (Å²) in [5.41, 5.74) is 30.2. The quantitative estimate of drug-likeness (QED) is 0.141. The number of hydrogen-bond donors (Lipinski definition) is 0. The second kappa shape index (κ2) is 47.9. The number of fused-ring (bicyclic) bond motifs is 29. The molecule has 0 saturated heterocycles. The van der Waals surface area contributed by atoms with Crippen LogP contribution in [0, 0.1) is 0 Å². The standard InChI is InChI=1S/2C24H21N.2C22H19N.C21H15N.10C2H6.2CH4/c1-24(2)20-12-16-8-4-6-10-18(16)14-22(20)25(3)23-15-19-11-7-5-9-17(19)13-21(23)24;1-24(2)22-18-10-6-4-8-16(18)12-14-20(22)25(3)21-15-13-17-9-5-7-11-19(17)23(21)24;1-22(2)18-10-6-4-8-14(18)16-13-21-17(12-19(16)22)15-9-5-7-11-20(15)23(21)3;1-22(2)16-10-6-4-8-14(16)20-17(22)12-13-19-21(20)15-9-5-7-11-18(15)23(19)3;1-22-19-9-5-4-8-17(19)21-18-13-15-7-3-2-6-14(15)12-16(18)10-11-20(21)22;10*1-2;;/h2*4-15H,1-3H3;2*4-13H,1-3H3;2-13H,1H3;10*1-2H3;2*1H4. The molecule has 2 aliphatic carbocycles. The summed E-state index contributed by atoms with van der Waals surface area (Å²) >= 11 is 0. The Balaban J connectivity index is 0.000000186. The molecule has 21 aromatic rings. The second-order valence-electron chi connectivity index (χ2n) is 35.4. The highest BCUT2D eigenvalue weighted by molar-refractivity contribution is 6.23. The van der Waals surface area contributed by atoms with E-state index in [-0.39, 0.29) is 36.5 Å². The van der Waals surface area contributed by atoms with E-state index in [2.05, 4.69) is 454 Å². The summed E-state index contributed by atoms with van der Waals surface area (Å²) in [4.78, 5) is 4.71. The number of nitrogens with zero attached hydrogens (tertiary/aromatic N) is 5. The van der Waals surface area contributed by atoms with E-state index in [1.165, 1.54) is 220 Å². The first-order valence-corrected chi connectivity index (χ1v) is 51.8. The molecule has 0 radical (unpaired) electrons. The van der Waals surface area contributed by atoms with Gasteiger partial charge in [0.1, 0.15) is 0 Å². The average molecular weight is 1860 g/mol. The molecule has 0 spiro atoms. The zero-order valence-corrected chi connectivity index (χ0v) is 89.6. The van der Waals surface area contributed by atoms with Crippen LogP contribution < -0.4 is 9.80 Å². The van der Waals surface area contributed by atoms with Gasteiger partial charge in [-0.3, -0.25) is 0 Å². The van der Waals surface area contributed by atoms with Crippen LogP contribution in [-0.2, 0) is 42.8 Å². The number of benzene rings is 18. The normalized spacial score (nSPS) is 12.7. The Morgan fingerprint density at radius 2 is 0.486 bits per heavy atom. The summed E-state index contributed by atoms with van der Waals surface area (Å²) in [6, 6.07) is 124. The molecule has 5 nitrogen and oxygen atoms in total. The van der Waals surface area contributed by atoms with Gasteiger partial charge in [0.25, 0.3) is 0 Å². The summed E-state index contributed by atoms with van der Waals surface area (Å²) in [6.45, 7) is 58.8. The molecule has 4 aliphatic rings. The van der Waals surface area contributed by atoms with Gasteiger partial charge in [-0.25, -0.2) is 0 Å². The SMILES string of the molecule is C.C.CC.CC.CC.CC.CC.CC.CC.CC.CC.CC.CN1c2cc3ccccc3cc2C(C)(C)c2cc3ccccc3cc21.CN1c2ccc3ccccc3c2C(C)(C)c2c1ccc1ccccc21.Cn1c2ccccc2c2c3c(ccc21)C(C)(C)c1ccccc1-3.Cn1c2ccccc2c2c3cc4ccccc4cc3ccc21.Cn1c2ccccc2c2cc3c(cc21)-c1ccccc1C3(C)C. The third kappa shape index (κ3) is 19.5. The highest BCUT2D eigenvalue weighted by Crippen LogP contribution is 2.57. The van der Waals surface area contributed by atoms with Crippen LogP contribution in [0.4, 0.5) is 22.7 Å². The zero-order chi connectivity index (χ0) is 101. The maximum Gasteiger partial charge on any atom is 0.0495 e. The molecule has 728 valence electrons. The fourth-order valence-electron chi connectivity index (χ4n) is 21.4. The molecule has 5 heterocycles. The molecule has 140 heavy (non-hydrogen) atoms. The molecule has 0 saturated carbocycles. The lowest BCUT2D eigenvalue weighted by Gasteiger charge is -2.42. The third-order valence-corrected chi connectivity index (χ3v) is 27.6. The Kier molecular flexibility index (Phi) is 37.7. The van der Waals surface area contributed by atoms with Crippen molar-refractivity contribution in [2.75, 3.05) is 23.9 Å². The van der Waals surface area contributed by atoms with Gasteiger partial charge in [-0.2, -0.15) is 0 Å². The Bertz CT molecular complexity index is 7580. The maximum absolute atomic E-state index is 2.42. The van der Waals surface area contributed by atoms with Crippen molar-refractivity contribution in [3.05, 3.63) is 384 Å². The van der Waals surface area contributed by atoms with Gasteiger partial charge in [0, 0.05) is 145 Å². The molecule has 0 N–H and O–H groups in total. The van der Waals surface area contributed by atoms with Gasteiger partial charge < -0.3 is 23.5 Å². The zero-order valence-electron chi connectivity index (χ0n) is 89.6. The van der Waals surface area contributed by atoms with Crippen LogP contribution >= 0.6 is 0 Å². The summed E-state index contributed by atoms with van der Waals surface area (Å²) in [5.74, 6) is 0. The van der Waals surface area contributed by atoms with E-state index in [0.717, 1.165) is 0 Å². The van der Waals surface area contributed by atoms with E-state index in [4.69, 9.17) is 0 Å². The van der Waals surface area contributed by atoms with Crippen LogP contribution in [0.25, 0.3) is 152 Å². The lowest BCUT2D eigenvalue weighted by Crippen LogP contribution is -2.31. The van der Waals surface area contributed by atoms with Crippen molar-refractivity contribution in [3.63, 3.8) is 0 Å². The molecule has 18 aromatic carbocycles. The molecule has 5 heteroatoms. The molecule has 0 amide bonds. The number of aromatic nitrogens is 3. The smallest absolute Gasteiger partial charge is 0.0495 e. The Morgan fingerprint density at radius 1 is 0.171 bits per heavy atom. The lowest BCUT2D eigenvalue weighted by atomic mass is 9.70. The van der Waals surface area contributed by atoms with Crippen molar-refractivity contribution in [2.45, 2.75) is 230 Å². The Hall–Kier alpha value is -13.5. The summed E-state index contributed by atoms with van der Waals surface area (Å²) in [5, 5.41) is 24.0. The molecule has 0 atom stereocenters. The molecular weight excluding hydrogens is 1690 g/mol. The van der Waals surface area contributed by atoms with E-state index in [9.17, 15) is 0 Å². The van der Waals surface area contributed by atoms with Crippen molar-refractivity contribution in [1.29, 1.82) is 0 Å². The topological polar surface area (TPSA) is 21.3 Å². The molecule has 2 aliphatic heterocycles. The first kappa shape index (κ1) is 110. The first-order valence-electron chi connectivity index (χ1n) is 51.8. The van der Waals surface area contributed by atoms with Gasteiger partial charge in [0.2, 0.25) is 0 Å². The largest absolute Gasteiger partial charge is 0.344 e. The highest BCUT2D eigenvalue weighted by atomic mass is 15.1. The number of aryl methyl sites for hydroxylation is 3. The predicted molar refractivity (Wildman–Crippen MR) is 635 cm³/mol. The minimum absolute atomic E-state index is 0. The van der Waals surface area contributed by atoms with Crippen LogP contribution in [0.1, 0.15) is 253 Å². The van der Waals surface area contributed by atoms with Gasteiger partial charge in [0.15, 0.2) is 0 Å². The van der Waals surface area contributed by atoms with Crippen LogP contribution in [0.5, 0.6) is 0 Å². The number of rotatable bonds is 0. The van der Waals surface area contributed by atoms with Crippen LogP contribution in [0.3, 0.4) is 0 Å². The molecular formula is C135H163N5. The molecule has 0 fully saturated rings. The molecule has 0 bridgehead atoms. The van der Waals surface area contributed by atoms with Gasteiger partial charge >= 0.3 is 0 Å². The van der Waals surface area contributed by atoms with Gasteiger partial charge in [-0.1, -0.05) is 457 Å². The van der Waals surface area contributed by atoms with E-state index < -0.39 is 0 Å². The van der Waals surface area contributed by atoms with Crippen molar-refractivity contribution in [1.82, 2.24) is 13.7 Å². The van der Waals surface area contributed by atoms with E-state index in [1.54, 1.807) is 0 Å². The van der Waals surface area contributed by atoms with Crippen molar-refractivity contribution >= 4 is 153 Å². The monoisotopic (exact) mass is 1850 g/mol. The fourth-order valence-corrected chi connectivity index (χ4v) is 21.4. The molecule has 3 aromatic heterocycles. The maximum atomic E-state index is 2.42. The van der Waals surface area contributed by atoms with Crippen LogP contribution in [0.15, 0.2) is 340 Å². The lowest BCUT2D eigenvalue weighted by molar-refractivity contribution is 0.631. The summed E-state index contributed by atoms with van der Waals surface area (Å²) in [7, 11) is 10.9. The van der Waals surface area contributed by atoms with Gasteiger partial charge in [-0.15, -0.1) is 0 Å². The number of para-hydroxylation sites is 3. The number of hydrogen-bond acceptors (Lipinski definition) is 2. The van der Waals surface area contributed by atoms with Crippen molar-refractivity contribution < 1.29 is 0 Å². The molecule has 0 unspecified atom stereocenters. The van der Waals surface area contributed by atoms with Gasteiger partial charge in [0.05, 0.1) is 0 Å². The minimum atomic E-state index is -0.0566. The Labute approximate surface area is 842 Å². The average Bonchev–Trinajstić information content (AvgIpc) is 1.58. The van der Waals surface area contributed by atoms with Crippen molar-refractivity contribution in [3.8, 4) is 22.3 Å². The first-order chi connectivity index (χ1) is 67.2. The Morgan fingerprint density at radius 3 is 0.950 bits per heavy atom. The van der Waals surface area contributed by atoms with Crippen LogP contribution in [0.2, 0.25) is 0 Å². The fraction of sp³-hybridized carbons (Fsp3) is 0.289. The van der Waals surface area contributed by atoms with Gasteiger partial charge in [-0.05, 0) is 222 Å². The highest BCUT2D eigenvalue weighted by Gasteiger charge is 2.41. The predicted octanol–water partition coefficient (Wildman–Crippen LogP) is 41.2. The summed E-state index contributed by atoms with van der Waals surface area (Å²) in [6.07, 6.45) is 0. The third-order valence-electron chi connectivity index (χ3n) is 27.6. The minimum Gasteiger partial charge on any atom is -0.344 e. The van der Waals surface area contributed by atoms with Crippen molar-refractivity contribution in [2.24, 2.45) is 21.1 Å². The van der Waals surface area contributed by atoms with E-state index >= 15 is 0 Å². The second-order valence-corrected chi connectivity index (χ2v) is 35.4. The van der Waals surface area contributed by atoms with E-state index in [0.29, 0.717) is 0 Å². The summed E-state index contributed by atoms with van der Waals surface area (Å²) < 4.78 is 6.93.